The molecular weight excluding hydrogens is 304 g/mol. The zero-order valence-electron chi connectivity index (χ0n) is 13.1. The number of nitrogens with one attached hydrogen (secondary N) is 1. The summed E-state index contributed by atoms with van der Waals surface area (Å²) in [5.41, 5.74) is 6.99. The van der Waals surface area contributed by atoms with E-state index in [1.54, 1.807) is 6.20 Å². The van der Waals surface area contributed by atoms with Crippen molar-refractivity contribution in [1.29, 1.82) is 0 Å². The van der Waals surface area contributed by atoms with Gasteiger partial charge in [-0.05, 0) is 5.56 Å². The molecule has 7 heteroatoms. The molecule has 2 aromatic heterocycles. The highest BCUT2D eigenvalue weighted by Gasteiger charge is 2.12. The van der Waals surface area contributed by atoms with Gasteiger partial charge in [0.15, 0.2) is 11.5 Å². The van der Waals surface area contributed by atoms with Crippen molar-refractivity contribution >= 4 is 11.7 Å². The normalized spacial score (nSPS) is 10.5. The maximum atomic E-state index is 12.0. The maximum absolute atomic E-state index is 12.0. The largest absolute Gasteiger partial charge is 0.382 e. The van der Waals surface area contributed by atoms with Crippen LogP contribution in [-0.2, 0) is 13.0 Å². The number of carbonyl (C=O) groups is 1. The summed E-state index contributed by atoms with van der Waals surface area (Å²) in [5, 5.41) is 2.79. The number of aromatic nitrogens is 4. The molecule has 3 N–H and O–H groups in total. The molecule has 0 fully saturated rings. The molecule has 7 nitrogen and oxygen atoms in total. The molecule has 0 aliphatic heterocycles. The first-order chi connectivity index (χ1) is 11.7. The molecule has 3 rings (SSSR count). The van der Waals surface area contributed by atoms with E-state index in [0.29, 0.717) is 13.0 Å². The van der Waals surface area contributed by atoms with Crippen LogP contribution >= 0.6 is 0 Å². The van der Waals surface area contributed by atoms with E-state index in [1.165, 1.54) is 18.0 Å². The molecule has 0 bridgehead atoms. The van der Waals surface area contributed by atoms with Crippen LogP contribution in [0.25, 0.3) is 0 Å². The van der Waals surface area contributed by atoms with Crippen LogP contribution in [-0.4, -0.2) is 32.0 Å². The van der Waals surface area contributed by atoms with Gasteiger partial charge in [-0.3, -0.25) is 4.79 Å². The van der Waals surface area contributed by atoms with E-state index >= 15 is 0 Å². The lowest BCUT2D eigenvalue weighted by atomic mass is 10.2. The first kappa shape index (κ1) is 15.7. The Morgan fingerprint density at radius 3 is 2.67 bits per heavy atom. The van der Waals surface area contributed by atoms with Gasteiger partial charge in [0.05, 0.1) is 0 Å². The van der Waals surface area contributed by atoms with Crippen LogP contribution in [0.1, 0.15) is 21.9 Å². The van der Waals surface area contributed by atoms with Crippen molar-refractivity contribution in [3.05, 3.63) is 72.2 Å². The minimum atomic E-state index is -0.332. The molecule has 0 saturated carbocycles. The molecule has 0 spiro atoms. The molecule has 0 radical (unpaired) electrons. The number of carbonyl (C=O) groups excluding carboxylic acids is 1. The number of nitrogens with zero attached hydrogens (tertiary/aromatic N) is 4. The van der Waals surface area contributed by atoms with Gasteiger partial charge in [0.25, 0.3) is 5.91 Å². The van der Waals surface area contributed by atoms with Gasteiger partial charge in [-0.2, -0.15) is 0 Å². The van der Waals surface area contributed by atoms with Gasteiger partial charge in [0, 0.05) is 44.3 Å². The van der Waals surface area contributed by atoms with Crippen molar-refractivity contribution in [2.45, 2.75) is 13.0 Å². The molecule has 0 aliphatic carbocycles. The number of nitrogens with two attached hydrogens (primary N) is 1. The highest BCUT2D eigenvalue weighted by atomic mass is 16.1. The molecule has 3 aromatic rings. The average Bonchev–Trinajstić information content (AvgIpc) is 3.03. The third-order valence-electron chi connectivity index (χ3n) is 3.57. The van der Waals surface area contributed by atoms with Gasteiger partial charge in [-0.15, -0.1) is 0 Å². The van der Waals surface area contributed by atoms with Crippen LogP contribution in [0.5, 0.6) is 0 Å². The number of imidazole rings is 1. The summed E-state index contributed by atoms with van der Waals surface area (Å²) in [6.45, 7) is 1.20. The van der Waals surface area contributed by atoms with Gasteiger partial charge in [0.1, 0.15) is 5.82 Å². The predicted molar refractivity (Wildman–Crippen MR) is 90.3 cm³/mol. The first-order valence-electron chi connectivity index (χ1n) is 7.62. The molecule has 0 aliphatic rings. The second-order valence-electron chi connectivity index (χ2n) is 5.25. The van der Waals surface area contributed by atoms with Crippen molar-refractivity contribution in [1.82, 2.24) is 24.8 Å². The molecule has 0 unspecified atom stereocenters. The minimum absolute atomic E-state index is 0.126. The molecule has 122 valence electrons. The summed E-state index contributed by atoms with van der Waals surface area (Å²) >= 11 is 0. The standard InChI is InChI=1S/C17H18N6O/c18-16-15(20-8-9-21-16)17(24)22-7-6-14-19-10-11-23(14)12-13-4-2-1-3-5-13/h1-5,8-11H,6-7,12H2,(H2,18,21)(H,22,24). The molecule has 24 heavy (non-hydrogen) atoms. The lowest BCUT2D eigenvalue weighted by Crippen LogP contribution is -2.28. The Hall–Kier alpha value is -3.22. The summed E-state index contributed by atoms with van der Waals surface area (Å²) in [6, 6.07) is 10.2. The minimum Gasteiger partial charge on any atom is -0.382 e. The van der Waals surface area contributed by atoms with Gasteiger partial charge < -0.3 is 15.6 Å². The topological polar surface area (TPSA) is 98.7 Å². The summed E-state index contributed by atoms with van der Waals surface area (Å²) in [6.07, 6.45) is 7.21. The molecule has 1 aromatic carbocycles. The lowest BCUT2D eigenvalue weighted by Gasteiger charge is -2.09. The summed E-state index contributed by atoms with van der Waals surface area (Å²) in [7, 11) is 0. The van der Waals surface area contributed by atoms with E-state index in [2.05, 4.69) is 37.0 Å². The number of benzene rings is 1. The van der Waals surface area contributed by atoms with E-state index in [9.17, 15) is 4.79 Å². The molecule has 2 heterocycles. The second-order valence-corrected chi connectivity index (χ2v) is 5.25. The molecule has 1 amide bonds. The fourth-order valence-electron chi connectivity index (χ4n) is 2.39. The third kappa shape index (κ3) is 3.75. The van der Waals surface area contributed by atoms with Crippen LogP contribution in [0.2, 0.25) is 0 Å². The van der Waals surface area contributed by atoms with Gasteiger partial charge in [-0.1, -0.05) is 30.3 Å². The van der Waals surface area contributed by atoms with Crippen molar-refractivity contribution in [3.8, 4) is 0 Å². The number of hydrogen-bond acceptors (Lipinski definition) is 5. The van der Waals surface area contributed by atoms with Crippen molar-refractivity contribution in [2.75, 3.05) is 12.3 Å². The lowest BCUT2D eigenvalue weighted by molar-refractivity contribution is 0.0949. The maximum Gasteiger partial charge on any atom is 0.273 e. The van der Waals surface area contributed by atoms with Crippen LogP contribution in [0.4, 0.5) is 5.82 Å². The fourth-order valence-corrected chi connectivity index (χ4v) is 2.39. The Bertz CT molecular complexity index is 815. The Balaban J connectivity index is 1.57. The van der Waals surface area contributed by atoms with E-state index in [4.69, 9.17) is 5.73 Å². The summed E-state index contributed by atoms with van der Waals surface area (Å²) in [5.74, 6) is 0.702. The summed E-state index contributed by atoms with van der Waals surface area (Å²) in [4.78, 5) is 24.2. The van der Waals surface area contributed by atoms with Crippen LogP contribution in [0.3, 0.4) is 0 Å². The molecular formula is C17H18N6O. The Kier molecular flexibility index (Phi) is 4.81. The zero-order chi connectivity index (χ0) is 16.8. The van der Waals surface area contributed by atoms with Crippen molar-refractivity contribution in [2.24, 2.45) is 0 Å². The number of amides is 1. The van der Waals surface area contributed by atoms with Crippen LogP contribution in [0.15, 0.2) is 55.1 Å². The first-order valence-corrected chi connectivity index (χ1v) is 7.62. The Labute approximate surface area is 139 Å². The fraction of sp³-hybridized carbons (Fsp3) is 0.176. The smallest absolute Gasteiger partial charge is 0.273 e. The second kappa shape index (κ2) is 7.36. The SMILES string of the molecule is Nc1nccnc1C(=O)NCCc1nccn1Cc1ccccc1. The number of hydrogen-bond donors (Lipinski definition) is 2. The van der Waals surface area contributed by atoms with Crippen molar-refractivity contribution in [3.63, 3.8) is 0 Å². The predicted octanol–water partition coefficient (Wildman–Crippen LogP) is 1.28. The number of anilines is 1. The number of nitrogen functional groups attached to an aromatic ring is 1. The van der Waals surface area contributed by atoms with Crippen molar-refractivity contribution < 1.29 is 4.79 Å². The van der Waals surface area contributed by atoms with Gasteiger partial charge in [-0.25, -0.2) is 15.0 Å². The Morgan fingerprint density at radius 1 is 1.08 bits per heavy atom. The van der Waals surface area contributed by atoms with E-state index < -0.39 is 0 Å². The highest BCUT2D eigenvalue weighted by molar-refractivity contribution is 5.96. The van der Waals surface area contributed by atoms with E-state index in [1.807, 2.05) is 24.4 Å². The zero-order valence-corrected chi connectivity index (χ0v) is 13.1. The van der Waals surface area contributed by atoms with E-state index in [-0.39, 0.29) is 17.4 Å². The van der Waals surface area contributed by atoms with Crippen LogP contribution in [0, 0.1) is 0 Å². The molecule has 0 saturated heterocycles. The average molecular weight is 322 g/mol. The Morgan fingerprint density at radius 2 is 1.88 bits per heavy atom. The summed E-state index contributed by atoms with van der Waals surface area (Å²) < 4.78 is 2.07. The van der Waals surface area contributed by atoms with Gasteiger partial charge in [0.2, 0.25) is 0 Å². The number of rotatable bonds is 6. The monoisotopic (exact) mass is 322 g/mol. The highest BCUT2D eigenvalue weighted by Crippen LogP contribution is 2.06. The molecule has 0 atom stereocenters. The quantitative estimate of drug-likeness (QED) is 0.712. The van der Waals surface area contributed by atoms with Gasteiger partial charge >= 0.3 is 0 Å². The van der Waals surface area contributed by atoms with E-state index in [0.717, 1.165) is 12.4 Å². The van der Waals surface area contributed by atoms with Crippen LogP contribution < -0.4 is 11.1 Å². The third-order valence-corrected chi connectivity index (χ3v) is 3.57.